The van der Waals surface area contributed by atoms with Gasteiger partial charge in [-0.1, -0.05) is 30.2 Å². The van der Waals surface area contributed by atoms with Gasteiger partial charge >= 0.3 is 0 Å². The third-order valence-corrected chi connectivity index (χ3v) is 5.62. The van der Waals surface area contributed by atoms with E-state index in [-0.39, 0.29) is 31.3 Å². The van der Waals surface area contributed by atoms with Crippen molar-refractivity contribution in [3.8, 4) is 18.1 Å². The Labute approximate surface area is 175 Å². The van der Waals surface area contributed by atoms with Crippen LogP contribution in [0.25, 0.3) is 0 Å². The Morgan fingerprint density at radius 3 is 2.72 bits per heavy atom. The molecule has 1 heterocycles. The molecule has 0 spiro atoms. The number of nitrogens with one attached hydrogen (secondary N) is 1. The number of rotatable bonds is 8. The molecule has 2 aromatic carbocycles. The number of carbonyl (C=O) groups excluding carboxylic acids is 2. The van der Waals surface area contributed by atoms with Crippen molar-refractivity contribution in [1.29, 1.82) is 0 Å². The van der Waals surface area contributed by atoms with E-state index in [0.717, 1.165) is 27.6 Å². The van der Waals surface area contributed by atoms with Gasteiger partial charge in [0, 0.05) is 36.6 Å². The van der Waals surface area contributed by atoms with E-state index in [1.165, 1.54) is 0 Å². The molecule has 3 rings (SSSR count). The van der Waals surface area contributed by atoms with E-state index in [9.17, 15) is 9.59 Å². The average Bonchev–Trinajstić information content (AvgIpc) is 2.76. The number of carbonyl (C=O) groups is 2. The SMILES string of the molecule is C#CCOc1ccc(CCNC(=O)CCC(=O)N2CCSc3ccccc32)cc1. The predicted octanol–water partition coefficient (Wildman–Crippen LogP) is 3.28. The Balaban J connectivity index is 1.39. The van der Waals surface area contributed by atoms with Gasteiger partial charge in [0.1, 0.15) is 12.4 Å². The van der Waals surface area contributed by atoms with E-state index in [2.05, 4.69) is 11.2 Å². The summed E-state index contributed by atoms with van der Waals surface area (Å²) in [5.74, 6) is 3.92. The lowest BCUT2D eigenvalue weighted by Crippen LogP contribution is -2.36. The molecular weight excluding hydrogens is 384 g/mol. The quantitative estimate of drug-likeness (QED) is 0.681. The fraction of sp³-hybridized carbons (Fsp3) is 0.304. The number of thioether (sulfide) groups is 1. The van der Waals surface area contributed by atoms with Crippen LogP contribution >= 0.6 is 11.8 Å². The molecule has 5 nitrogen and oxygen atoms in total. The van der Waals surface area contributed by atoms with Crippen LogP contribution in [0.4, 0.5) is 5.69 Å². The first kappa shape index (κ1) is 20.8. The summed E-state index contributed by atoms with van der Waals surface area (Å²) in [6.45, 7) is 1.46. The van der Waals surface area contributed by atoms with E-state index in [1.807, 2.05) is 48.5 Å². The fourth-order valence-electron chi connectivity index (χ4n) is 3.10. The molecule has 0 fully saturated rings. The summed E-state index contributed by atoms with van der Waals surface area (Å²) in [5.41, 5.74) is 2.04. The Bertz CT molecular complexity index is 890. The Morgan fingerprint density at radius 2 is 1.93 bits per heavy atom. The maximum absolute atomic E-state index is 12.6. The maximum atomic E-state index is 12.6. The first-order valence-electron chi connectivity index (χ1n) is 9.61. The number of anilines is 1. The number of benzene rings is 2. The van der Waals surface area contributed by atoms with Crippen molar-refractivity contribution in [2.45, 2.75) is 24.2 Å². The highest BCUT2D eigenvalue weighted by atomic mass is 32.2. The summed E-state index contributed by atoms with van der Waals surface area (Å²) in [6.07, 6.45) is 6.29. The second-order valence-corrected chi connectivity index (χ2v) is 7.74. The van der Waals surface area contributed by atoms with Crippen molar-refractivity contribution in [2.75, 3.05) is 30.3 Å². The van der Waals surface area contributed by atoms with Crippen LogP contribution in [0.5, 0.6) is 5.75 Å². The molecule has 1 aliphatic rings. The number of hydrogen-bond acceptors (Lipinski definition) is 4. The summed E-state index contributed by atoms with van der Waals surface area (Å²) in [7, 11) is 0. The number of nitrogens with zero attached hydrogens (tertiary/aromatic N) is 1. The molecule has 0 aliphatic carbocycles. The van der Waals surface area contributed by atoms with Crippen LogP contribution in [0.15, 0.2) is 53.4 Å². The second-order valence-electron chi connectivity index (χ2n) is 6.60. The summed E-state index contributed by atoms with van der Waals surface area (Å²) < 4.78 is 5.34. The van der Waals surface area contributed by atoms with Gasteiger partial charge in [0.2, 0.25) is 11.8 Å². The normalized spacial score (nSPS) is 12.6. The lowest BCUT2D eigenvalue weighted by Gasteiger charge is -2.29. The molecule has 0 radical (unpaired) electrons. The number of fused-ring (bicyclic) bond motifs is 1. The molecule has 29 heavy (non-hydrogen) atoms. The van der Waals surface area contributed by atoms with Gasteiger partial charge in [-0.25, -0.2) is 0 Å². The van der Waals surface area contributed by atoms with Crippen molar-refractivity contribution in [1.82, 2.24) is 5.32 Å². The average molecular weight is 409 g/mol. The zero-order valence-corrected chi connectivity index (χ0v) is 17.0. The Morgan fingerprint density at radius 1 is 1.14 bits per heavy atom. The molecule has 150 valence electrons. The monoisotopic (exact) mass is 408 g/mol. The van der Waals surface area contributed by atoms with Crippen molar-refractivity contribution >= 4 is 29.3 Å². The first-order valence-corrected chi connectivity index (χ1v) is 10.6. The molecular formula is C23H24N2O3S. The molecule has 0 bridgehead atoms. The summed E-state index contributed by atoms with van der Waals surface area (Å²) in [5, 5.41) is 2.89. The molecule has 1 aliphatic heterocycles. The number of amides is 2. The number of para-hydroxylation sites is 1. The topological polar surface area (TPSA) is 58.6 Å². The molecule has 2 amide bonds. The van der Waals surface area contributed by atoms with Gasteiger partial charge < -0.3 is 15.0 Å². The smallest absolute Gasteiger partial charge is 0.227 e. The van der Waals surface area contributed by atoms with E-state index in [1.54, 1.807) is 16.7 Å². The van der Waals surface area contributed by atoms with Gasteiger partial charge in [-0.2, -0.15) is 0 Å². The van der Waals surface area contributed by atoms with Crippen molar-refractivity contribution in [3.63, 3.8) is 0 Å². The van der Waals surface area contributed by atoms with E-state index in [0.29, 0.717) is 19.5 Å². The van der Waals surface area contributed by atoms with Gasteiger partial charge in [0.05, 0.1) is 5.69 Å². The summed E-state index contributed by atoms with van der Waals surface area (Å²) >= 11 is 1.76. The van der Waals surface area contributed by atoms with Crippen molar-refractivity contribution in [2.24, 2.45) is 0 Å². The van der Waals surface area contributed by atoms with Crippen LogP contribution in [0, 0.1) is 12.3 Å². The standard InChI is InChI=1S/C23H24N2O3S/c1-2-16-28-19-9-7-18(8-10-19)13-14-24-22(26)11-12-23(27)25-15-17-29-21-6-4-3-5-20(21)25/h1,3-10H,11-17H2,(H,24,26). The van der Waals surface area contributed by atoms with Crippen LogP contribution < -0.4 is 15.0 Å². The van der Waals surface area contributed by atoms with Gasteiger partial charge in [-0.3, -0.25) is 9.59 Å². The van der Waals surface area contributed by atoms with Crippen LogP contribution in [-0.2, 0) is 16.0 Å². The molecule has 6 heteroatoms. The summed E-state index contributed by atoms with van der Waals surface area (Å²) in [6, 6.07) is 15.5. The highest BCUT2D eigenvalue weighted by Gasteiger charge is 2.22. The van der Waals surface area contributed by atoms with Gasteiger partial charge in [0.15, 0.2) is 0 Å². The van der Waals surface area contributed by atoms with E-state index in [4.69, 9.17) is 11.2 Å². The van der Waals surface area contributed by atoms with Crippen LogP contribution in [0.3, 0.4) is 0 Å². The zero-order valence-electron chi connectivity index (χ0n) is 16.2. The second kappa shape index (κ2) is 10.6. The first-order chi connectivity index (χ1) is 14.2. The summed E-state index contributed by atoms with van der Waals surface area (Å²) in [4.78, 5) is 27.6. The van der Waals surface area contributed by atoms with E-state index >= 15 is 0 Å². The molecule has 0 atom stereocenters. The maximum Gasteiger partial charge on any atom is 0.227 e. The van der Waals surface area contributed by atoms with Crippen molar-refractivity contribution in [3.05, 3.63) is 54.1 Å². The third-order valence-electron chi connectivity index (χ3n) is 4.58. The molecule has 0 saturated heterocycles. The lowest BCUT2D eigenvalue weighted by molar-refractivity contribution is -0.125. The largest absolute Gasteiger partial charge is 0.481 e. The Hall–Kier alpha value is -2.91. The molecule has 0 unspecified atom stereocenters. The zero-order chi connectivity index (χ0) is 20.5. The predicted molar refractivity (Wildman–Crippen MR) is 116 cm³/mol. The van der Waals surface area contributed by atoms with Crippen LogP contribution in [-0.4, -0.2) is 37.3 Å². The Kier molecular flexibility index (Phi) is 7.60. The van der Waals surface area contributed by atoms with Gasteiger partial charge in [-0.15, -0.1) is 18.2 Å². The van der Waals surface area contributed by atoms with Crippen LogP contribution in [0.2, 0.25) is 0 Å². The minimum Gasteiger partial charge on any atom is -0.481 e. The van der Waals surface area contributed by atoms with Crippen molar-refractivity contribution < 1.29 is 14.3 Å². The highest BCUT2D eigenvalue weighted by molar-refractivity contribution is 7.99. The lowest BCUT2D eigenvalue weighted by atomic mass is 10.1. The minimum atomic E-state index is -0.105. The van der Waals surface area contributed by atoms with E-state index < -0.39 is 0 Å². The minimum absolute atomic E-state index is 0.00421. The van der Waals surface area contributed by atoms with Crippen LogP contribution in [0.1, 0.15) is 18.4 Å². The molecule has 0 saturated carbocycles. The molecule has 1 N–H and O–H groups in total. The molecule has 0 aromatic heterocycles. The number of ether oxygens (including phenoxy) is 1. The highest BCUT2D eigenvalue weighted by Crippen LogP contribution is 2.34. The van der Waals surface area contributed by atoms with Gasteiger partial charge in [0.25, 0.3) is 0 Å². The number of hydrogen-bond donors (Lipinski definition) is 1. The third kappa shape index (κ3) is 6.03. The molecule has 2 aromatic rings. The van der Waals surface area contributed by atoms with Gasteiger partial charge in [-0.05, 0) is 36.2 Å². The fourth-order valence-corrected chi connectivity index (χ4v) is 4.09. The number of terminal acetylenes is 1.